The van der Waals surface area contributed by atoms with Gasteiger partial charge in [-0.15, -0.1) is 0 Å². The zero-order valence-electron chi connectivity index (χ0n) is 26.3. The van der Waals surface area contributed by atoms with Crippen LogP contribution in [0.2, 0.25) is 0 Å². The van der Waals surface area contributed by atoms with E-state index in [9.17, 15) is 19.2 Å². The molecule has 0 atom stereocenters. The molecule has 240 valence electrons. The van der Waals surface area contributed by atoms with E-state index in [0.29, 0.717) is 11.4 Å². The number of nitrogens with zero attached hydrogens (tertiary/aromatic N) is 6. The van der Waals surface area contributed by atoms with Gasteiger partial charge < -0.3 is 0 Å². The number of anilines is 2. The van der Waals surface area contributed by atoms with Crippen molar-refractivity contribution in [2.24, 2.45) is 23.7 Å². The molecule has 6 aromatic rings. The van der Waals surface area contributed by atoms with E-state index in [-0.39, 0.29) is 0 Å². The van der Waals surface area contributed by atoms with Gasteiger partial charge in [0.1, 0.15) is 0 Å². The summed E-state index contributed by atoms with van der Waals surface area (Å²) in [6, 6.07) is 25.9. The molecule has 0 unspecified atom stereocenters. The van der Waals surface area contributed by atoms with E-state index in [1.54, 1.807) is 73.8 Å². The largest absolute Gasteiger partial charge is 0.274 e. The van der Waals surface area contributed by atoms with Crippen LogP contribution in [-0.4, -0.2) is 43.6 Å². The maximum absolute atomic E-state index is 14.2. The first-order valence-corrected chi connectivity index (χ1v) is 16.2. The molecule has 0 spiro atoms. The van der Waals surface area contributed by atoms with Gasteiger partial charge in [0.05, 0.1) is 35.0 Å². The lowest BCUT2D eigenvalue weighted by molar-refractivity contribution is -0.146. The topological polar surface area (TPSA) is 126 Å². The van der Waals surface area contributed by atoms with Gasteiger partial charge in [-0.25, -0.2) is 9.80 Å². The molecule has 1 aliphatic carbocycles. The number of fused-ring (bicyclic) bond motifs is 4. The van der Waals surface area contributed by atoms with Gasteiger partial charge in [-0.1, -0.05) is 12.1 Å². The molecule has 2 aromatic carbocycles. The highest BCUT2D eigenvalue weighted by atomic mass is 16.2. The number of imide groups is 2. The minimum absolute atomic E-state index is 0.378. The van der Waals surface area contributed by atoms with Crippen LogP contribution in [0.3, 0.4) is 0 Å². The van der Waals surface area contributed by atoms with Crippen LogP contribution in [0.25, 0.3) is 44.5 Å². The molecule has 4 amide bonds. The fraction of sp³-hybridized carbons (Fsp3) is 0.100. The van der Waals surface area contributed by atoms with Crippen LogP contribution in [-0.2, 0) is 19.2 Å². The first-order chi connectivity index (χ1) is 24.5. The zero-order chi connectivity index (χ0) is 33.9. The Morgan fingerprint density at radius 3 is 1.02 bits per heavy atom. The van der Waals surface area contributed by atoms with Crippen molar-refractivity contribution in [1.29, 1.82) is 0 Å². The highest BCUT2D eigenvalue weighted by Gasteiger charge is 2.73. The molecule has 2 saturated heterocycles. The predicted octanol–water partition coefficient (Wildman–Crippen LogP) is 5.86. The monoisotopic (exact) mass is 654 g/mol. The smallest absolute Gasteiger partial charge is 0.238 e. The maximum Gasteiger partial charge on any atom is 0.238 e. The van der Waals surface area contributed by atoms with E-state index in [1.807, 2.05) is 60.7 Å². The second kappa shape index (κ2) is 11.5. The van der Waals surface area contributed by atoms with Crippen molar-refractivity contribution in [1.82, 2.24) is 19.9 Å². The first kappa shape index (κ1) is 29.5. The molecular weight excluding hydrogens is 628 g/mol. The summed E-state index contributed by atoms with van der Waals surface area (Å²) in [5, 5.41) is 0. The van der Waals surface area contributed by atoms with E-state index in [1.165, 1.54) is 0 Å². The fourth-order valence-corrected chi connectivity index (χ4v) is 7.60. The summed E-state index contributed by atoms with van der Waals surface area (Å²) in [4.78, 5) is 75.8. The Balaban J connectivity index is 1.08. The highest BCUT2D eigenvalue weighted by molar-refractivity contribution is 6.32. The van der Waals surface area contributed by atoms with Crippen molar-refractivity contribution < 1.29 is 19.2 Å². The molecule has 0 N–H and O–H groups in total. The van der Waals surface area contributed by atoms with Gasteiger partial charge in [-0.3, -0.25) is 39.1 Å². The summed E-state index contributed by atoms with van der Waals surface area (Å²) in [6.45, 7) is 0. The summed E-state index contributed by atoms with van der Waals surface area (Å²) in [6.07, 6.45) is 13.5. The molecule has 0 bridgehead atoms. The van der Waals surface area contributed by atoms with Crippen LogP contribution < -0.4 is 9.80 Å². The summed E-state index contributed by atoms with van der Waals surface area (Å²) in [5.41, 5.74) is 7.17. The van der Waals surface area contributed by atoms with Crippen molar-refractivity contribution in [3.05, 3.63) is 135 Å². The van der Waals surface area contributed by atoms with Crippen molar-refractivity contribution in [3.63, 3.8) is 0 Å². The SMILES string of the molecule is O=C1C2C(C(=O)N1c1cc(-c3ccncc3)cc(-c3cccnc3)c1)C1C(=O)N(c3cc(-c4ccncc4)cc(-c4cccnc4)c3)C(=O)C21. The molecule has 10 heteroatoms. The van der Waals surface area contributed by atoms with Gasteiger partial charge in [-0.2, -0.15) is 0 Å². The third-order valence-electron chi connectivity index (χ3n) is 9.94. The lowest BCUT2D eigenvalue weighted by Gasteiger charge is -2.36. The molecule has 3 aliphatic rings. The molecule has 4 aromatic heterocycles. The molecule has 3 fully saturated rings. The van der Waals surface area contributed by atoms with E-state index in [4.69, 9.17) is 0 Å². The Bertz CT molecular complexity index is 2010. The average Bonchev–Trinajstić information content (AvgIpc) is 3.49. The summed E-state index contributed by atoms with van der Waals surface area (Å²) in [5.74, 6) is -5.62. The van der Waals surface area contributed by atoms with Gasteiger partial charge in [0.15, 0.2) is 0 Å². The van der Waals surface area contributed by atoms with Gasteiger partial charge in [-0.05, 0) is 106 Å². The second-order valence-corrected chi connectivity index (χ2v) is 12.6. The van der Waals surface area contributed by atoms with E-state index in [0.717, 1.165) is 54.3 Å². The van der Waals surface area contributed by atoms with Gasteiger partial charge in [0.2, 0.25) is 23.6 Å². The number of amides is 4. The Hall–Kier alpha value is -6.68. The summed E-state index contributed by atoms with van der Waals surface area (Å²) >= 11 is 0. The van der Waals surface area contributed by atoms with Crippen LogP contribution in [0.5, 0.6) is 0 Å². The zero-order valence-corrected chi connectivity index (χ0v) is 26.3. The van der Waals surface area contributed by atoms with Crippen molar-refractivity contribution in [3.8, 4) is 44.5 Å². The van der Waals surface area contributed by atoms with Gasteiger partial charge in [0, 0.05) is 60.7 Å². The van der Waals surface area contributed by atoms with Crippen LogP contribution >= 0.6 is 0 Å². The molecular formula is C40H26N6O4. The third kappa shape index (κ3) is 4.56. The highest BCUT2D eigenvalue weighted by Crippen LogP contribution is 2.58. The minimum atomic E-state index is -0.929. The number of carbonyl (C=O) groups excluding carboxylic acids is 4. The lowest BCUT2D eigenvalue weighted by atomic mass is 9.59. The molecule has 50 heavy (non-hydrogen) atoms. The molecule has 0 radical (unpaired) electrons. The quantitative estimate of drug-likeness (QED) is 0.205. The van der Waals surface area contributed by atoms with Crippen molar-refractivity contribution >= 4 is 35.0 Å². The number of pyridine rings is 4. The average molecular weight is 655 g/mol. The first-order valence-electron chi connectivity index (χ1n) is 16.2. The van der Waals surface area contributed by atoms with E-state index in [2.05, 4.69) is 19.9 Å². The maximum atomic E-state index is 14.2. The second-order valence-electron chi connectivity index (χ2n) is 12.6. The van der Waals surface area contributed by atoms with Gasteiger partial charge >= 0.3 is 0 Å². The molecule has 1 saturated carbocycles. The Morgan fingerprint density at radius 1 is 0.360 bits per heavy atom. The Kier molecular flexibility index (Phi) is 6.77. The Morgan fingerprint density at radius 2 is 0.700 bits per heavy atom. The Labute approximate surface area is 286 Å². The van der Waals surface area contributed by atoms with Crippen LogP contribution in [0.15, 0.2) is 135 Å². The molecule has 9 rings (SSSR count). The van der Waals surface area contributed by atoms with Crippen LogP contribution in [0.4, 0.5) is 11.4 Å². The third-order valence-corrected chi connectivity index (χ3v) is 9.94. The number of hydrogen-bond acceptors (Lipinski definition) is 8. The summed E-state index contributed by atoms with van der Waals surface area (Å²) in [7, 11) is 0. The standard InChI is InChI=1S/C40H26N6O4/c47-37-33-34(38(48)45(37)31-17-27(23-5-11-41-12-6-23)15-29(19-31)25-3-1-9-43-21-25)36-35(33)39(49)46(40(36)50)32-18-28(24-7-13-42-14-8-24)16-30(20-32)26-4-2-10-44-22-26/h1-22,33-36H. The summed E-state index contributed by atoms with van der Waals surface area (Å²) < 4.78 is 0. The number of carbonyl (C=O) groups is 4. The molecule has 6 heterocycles. The fourth-order valence-electron chi connectivity index (χ4n) is 7.60. The number of aromatic nitrogens is 4. The van der Waals surface area contributed by atoms with E-state index < -0.39 is 47.3 Å². The number of rotatable bonds is 6. The lowest BCUT2D eigenvalue weighted by Crippen LogP contribution is -2.50. The van der Waals surface area contributed by atoms with Crippen LogP contribution in [0.1, 0.15) is 0 Å². The number of hydrogen-bond donors (Lipinski definition) is 0. The van der Waals surface area contributed by atoms with E-state index >= 15 is 0 Å². The predicted molar refractivity (Wildman–Crippen MR) is 185 cm³/mol. The van der Waals surface area contributed by atoms with Crippen LogP contribution in [0, 0.1) is 23.7 Å². The van der Waals surface area contributed by atoms with Crippen molar-refractivity contribution in [2.75, 3.05) is 9.80 Å². The van der Waals surface area contributed by atoms with Crippen molar-refractivity contribution in [2.45, 2.75) is 0 Å². The normalized spacial score (nSPS) is 20.9. The van der Waals surface area contributed by atoms with Gasteiger partial charge in [0.25, 0.3) is 0 Å². The molecule has 10 nitrogen and oxygen atoms in total. The minimum Gasteiger partial charge on any atom is -0.274 e. The molecule has 2 aliphatic heterocycles. The number of benzene rings is 2.